The number of carbonyl (C=O) groups excluding carboxylic acids is 1. The lowest BCUT2D eigenvalue weighted by Crippen LogP contribution is -2.35. The first-order valence-electron chi connectivity index (χ1n) is 13.5. The molecule has 0 bridgehead atoms. The number of rotatable bonds is 9. The maximum atomic E-state index is 11.2. The Morgan fingerprint density at radius 2 is 1.68 bits per heavy atom. The lowest BCUT2D eigenvalue weighted by Gasteiger charge is -2.24. The Bertz CT molecular complexity index is 795. The summed E-state index contributed by atoms with van der Waals surface area (Å²) in [4.78, 5) is 12.4. The number of aryl methyl sites for hydroxylation is 1. The molecule has 0 radical (unpaired) electrons. The first-order valence-corrected chi connectivity index (χ1v) is 14.3. The third kappa shape index (κ3) is 20.9. The zero-order chi connectivity index (χ0) is 28.6. The van der Waals surface area contributed by atoms with E-state index in [-0.39, 0.29) is 18.7 Å². The molecule has 0 saturated carbocycles. The van der Waals surface area contributed by atoms with Gasteiger partial charge < -0.3 is 25.6 Å². The number of methoxy groups -OCH3 is 1. The molecule has 1 fully saturated rings. The highest BCUT2D eigenvalue weighted by Crippen LogP contribution is 2.24. The minimum atomic E-state index is -0.377. The zero-order valence-corrected chi connectivity index (χ0v) is 25.1. The van der Waals surface area contributed by atoms with Gasteiger partial charge in [0.05, 0.1) is 7.11 Å². The van der Waals surface area contributed by atoms with Crippen molar-refractivity contribution in [2.45, 2.75) is 71.4 Å². The molecule has 216 valence electrons. The molecule has 1 saturated heterocycles. The SMILES string of the molecule is C1CCOC1.CCO.COC(=O)NC(C)CCN(CC(C)C)Sc1ccc(CN)cc1.Cc1ccccc1. The maximum Gasteiger partial charge on any atom is 0.407 e. The molecule has 1 aliphatic heterocycles. The molecule has 1 atom stereocenters. The molecule has 38 heavy (non-hydrogen) atoms. The van der Waals surface area contributed by atoms with Gasteiger partial charge in [-0.15, -0.1) is 0 Å². The normalized spacial score (nSPS) is 12.8. The molecule has 2 aromatic carbocycles. The van der Waals surface area contributed by atoms with E-state index < -0.39 is 0 Å². The third-order valence-electron chi connectivity index (χ3n) is 5.09. The van der Waals surface area contributed by atoms with Gasteiger partial charge >= 0.3 is 6.09 Å². The van der Waals surface area contributed by atoms with E-state index in [9.17, 15) is 4.79 Å². The Morgan fingerprint density at radius 1 is 1.11 bits per heavy atom. The van der Waals surface area contributed by atoms with Crippen LogP contribution < -0.4 is 11.1 Å². The fraction of sp³-hybridized carbons (Fsp3) is 0.567. The Kier molecular flexibility index (Phi) is 22.7. The van der Waals surface area contributed by atoms with Gasteiger partial charge in [0.15, 0.2) is 0 Å². The summed E-state index contributed by atoms with van der Waals surface area (Å²) in [6, 6.07) is 18.7. The minimum Gasteiger partial charge on any atom is -0.453 e. The molecule has 0 spiro atoms. The van der Waals surface area contributed by atoms with Crippen molar-refractivity contribution in [1.82, 2.24) is 9.62 Å². The number of nitrogens with one attached hydrogen (secondary N) is 1. The number of hydrogen-bond donors (Lipinski definition) is 3. The molecule has 4 N–H and O–H groups in total. The lowest BCUT2D eigenvalue weighted by atomic mass is 10.2. The first-order chi connectivity index (χ1) is 18.2. The predicted molar refractivity (Wildman–Crippen MR) is 160 cm³/mol. The fourth-order valence-electron chi connectivity index (χ4n) is 3.13. The van der Waals surface area contributed by atoms with E-state index >= 15 is 0 Å². The van der Waals surface area contributed by atoms with E-state index in [1.54, 1.807) is 18.9 Å². The highest BCUT2D eigenvalue weighted by Gasteiger charge is 2.13. The molecular weight excluding hydrogens is 498 g/mol. The van der Waals surface area contributed by atoms with Crippen molar-refractivity contribution in [3.05, 3.63) is 65.7 Å². The third-order valence-corrected chi connectivity index (χ3v) is 6.16. The molecule has 0 aromatic heterocycles. The Balaban J connectivity index is 0.000000728. The van der Waals surface area contributed by atoms with Gasteiger partial charge in [0.1, 0.15) is 0 Å². The van der Waals surface area contributed by atoms with Crippen molar-refractivity contribution in [2.24, 2.45) is 11.7 Å². The van der Waals surface area contributed by atoms with Crippen LogP contribution in [0.15, 0.2) is 59.5 Å². The van der Waals surface area contributed by atoms with E-state index in [4.69, 9.17) is 15.6 Å². The topological polar surface area (TPSA) is 97.0 Å². The second kappa shape index (κ2) is 24.0. The van der Waals surface area contributed by atoms with Crippen LogP contribution in [-0.4, -0.2) is 61.6 Å². The van der Waals surface area contributed by atoms with E-state index in [1.807, 2.05) is 25.1 Å². The average molecular weight is 550 g/mol. The Morgan fingerprint density at radius 3 is 2.08 bits per heavy atom. The van der Waals surface area contributed by atoms with Crippen LogP contribution in [0.5, 0.6) is 0 Å². The van der Waals surface area contributed by atoms with Crippen LogP contribution in [0, 0.1) is 12.8 Å². The van der Waals surface area contributed by atoms with E-state index in [2.05, 4.69) is 71.5 Å². The number of aliphatic hydroxyl groups is 1. The smallest absolute Gasteiger partial charge is 0.407 e. The standard InChI is InChI=1S/C17H29N3O2S.C7H8.C4H8O.C2H6O/c1-13(2)12-20(10-9-14(3)19-17(21)22-4)23-16-7-5-15(11-18)6-8-16;1-7-5-3-2-4-6-7;1-2-4-5-3-1;1-2-3/h5-8,13-14H,9-12,18H2,1-4H3,(H,19,21);2-6H,1H3;1-4H2;3H,2H2,1H3. The molecule has 1 heterocycles. The van der Waals surface area contributed by atoms with E-state index in [0.29, 0.717) is 12.5 Å². The summed E-state index contributed by atoms with van der Waals surface area (Å²) in [7, 11) is 1.38. The van der Waals surface area contributed by atoms with E-state index in [0.717, 1.165) is 38.3 Å². The van der Waals surface area contributed by atoms with Crippen molar-refractivity contribution in [3.8, 4) is 0 Å². The molecule has 1 unspecified atom stereocenters. The van der Waals surface area contributed by atoms with Gasteiger partial charge in [0.25, 0.3) is 0 Å². The van der Waals surface area contributed by atoms with Gasteiger partial charge in [-0.25, -0.2) is 9.10 Å². The number of nitrogens with two attached hydrogens (primary N) is 1. The van der Waals surface area contributed by atoms with Crippen LogP contribution in [0.4, 0.5) is 4.79 Å². The van der Waals surface area contributed by atoms with Gasteiger partial charge in [-0.05, 0) is 75.6 Å². The molecular formula is C30H51N3O4S. The van der Waals surface area contributed by atoms with Crippen molar-refractivity contribution in [2.75, 3.05) is 40.0 Å². The number of amides is 1. The summed E-state index contributed by atoms with van der Waals surface area (Å²) in [6.45, 7) is 14.9. The van der Waals surface area contributed by atoms with Gasteiger partial charge in [-0.2, -0.15) is 0 Å². The number of benzene rings is 2. The number of ether oxygens (including phenoxy) is 2. The van der Waals surface area contributed by atoms with Gasteiger partial charge in [-0.1, -0.05) is 61.9 Å². The van der Waals surface area contributed by atoms with Gasteiger partial charge in [-0.3, -0.25) is 0 Å². The van der Waals surface area contributed by atoms with Crippen LogP contribution in [0.1, 0.15) is 58.1 Å². The van der Waals surface area contributed by atoms with Crippen molar-refractivity contribution < 1.29 is 19.4 Å². The van der Waals surface area contributed by atoms with Crippen LogP contribution in [-0.2, 0) is 16.0 Å². The maximum absolute atomic E-state index is 11.2. The van der Waals surface area contributed by atoms with Crippen molar-refractivity contribution in [1.29, 1.82) is 0 Å². The van der Waals surface area contributed by atoms with Gasteiger partial charge in [0, 0.05) is 50.4 Å². The average Bonchev–Trinajstić information content (AvgIpc) is 3.49. The summed E-state index contributed by atoms with van der Waals surface area (Å²) in [5.41, 5.74) is 8.10. The number of hydrogen-bond acceptors (Lipinski definition) is 7. The summed E-state index contributed by atoms with van der Waals surface area (Å²) >= 11 is 1.75. The summed E-state index contributed by atoms with van der Waals surface area (Å²) in [6.07, 6.45) is 3.05. The Labute approximate surface area is 235 Å². The minimum absolute atomic E-state index is 0.0809. The second-order valence-electron chi connectivity index (χ2n) is 9.34. The second-order valence-corrected chi connectivity index (χ2v) is 10.5. The number of nitrogens with zero attached hydrogens (tertiary/aromatic N) is 1. The quantitative estimate of drug-likeness (QED) is 0.328. The van der Waals surface area contributed by atoms with Crippen LogP contribution in [0.25, 0.3) is 0 Å². The molecule has 0 aliphatic carbocycles. The molecule has 1 aliphatic rings. The number of carbonyl (C=O) groups is 1. The highest BCUT2D eigenvalue weighted by atomic mass is 32.2. The predicted octanol–water partition coefficient (Wildman–Crippen LogP) is 6.04. The molecule has 8 heteroatoms. The summed E-state index contributed by atoms with van der Waals surface area (Å²) in [5, 5.41) is 10.4. The lowest BCUT2D eigenvalue weighted by molar-refractivity contribution is 0.166. The number of alkyl carbamates (subject to hydrolysis) is 1. The summed E-state index contributed by atoms with van der Waals surface area (Å²) < 4.78 is 11.9. The zero-order valence-electron chi connectivity index (χ0n) is 24.3. The van der Waals surface area contributed by atoms with Crippen LogP contribution >= 0.6 is 11.9 Å². The van der Waals surface area contributed by atoms with Crippen molar-refractivity contribution in [3.63, 3.8) is 0 Å². The first kappa shape index (κ1) is 35.9. The largest absolute Gasteiger partial charge is 0.453 e. The molecule has 7 nitrogen and oxygen atoms in total. The van der Waals surface area contributed by atoms with Crippen LogP contribution in [0.3, 0.4) is 0 Å². The molecule has 3 rings (SSSR count). The Hall–Kier alpha value is -2.10. The molecule has 1 amide bonds. The van der Waals surface area contributed by atoms with Crippen molar-refractivity contribution >= 4 is 18.0 Å². The fourth-order valence-corrected chi connectivity index (χ4v) is 4.26. The van der Waals surface area contributed by atoms with E-state index in [1.165, 1.54) is 30.4 Å². The van der Waals surface area contributed by atoms with Crippen LogP contribution in [0.2, 0.25) is 0 Å². The summed E-state index contributed by atoms with van der Waals surface area (Å²) in [5.74, 6) is 0.578. The van der Waals surface area contributed by atoms with Gasteiger partial charge in [0.2, 0.25) is 0 Å². The highest BCUT2D eigenvalue weighted by molar-refractivity contribution is 7.97. The monoisotopic (exact) mass is 549 g/mol. The molecule has 2 aromatic rings. The number of aliphatic hydroxyl groups excluding tert-OH is 1.